The molecule has 0 unspecified atom stereocenters. The second-order valence-corrected chi connectivity index (χ2v) is 7.03. The van der Waals surface area contributed by atoms with Gasteiger partial charge in [-0.05, 0) is 55.4 Å². The molecular weight excluding hydrogens is 324 g/mol. The Bertz CT molecular complexity index is 722. The fraction of sp³-hybridized carbons (Fsp3) is 0.409. The monoisotopic (exact) mass is 352 g/mol. The summed E-state index contributed by atoms with van der Waals surface area (Å²) in [7, 11) is 0. The maximum Gasteiger partial charge on any atom is 0.338 e. The van der Waals surface area contributed by atoms with Crippen molar-refractivity contribution in [2.24, 2.45) is 5.92 Å². The highest BCUT2D eigenvalue weighted by Crippen LogP contribution is 2.30. The first-order valence-corrected chi connectivity index (χ1v) is 9.53. The SMILES string of the molecule is CCCOC(=O)c1ccc(N2CCC(Cc3ccccc3)CC2)c(N)c1. The van der Waals surface area contributed by atoms with E-state index in [9.17, 15) is 4.79 Å². The summed E-state index contributed by atoms with van der Waals surface area (Å²) in [5.74, 6) is 0.421. The predicted molar refractivity (Wildman–Crippen MR) is 107 cm³/mol. The van der Waals surface area contributed by atoms with Gasteiger partial charge in [-0.3, -0.25) is 0 Å². The van der Waals surface area contributed by atoms with Crippen LogP contribution in [0, 0.1) is 5.92 Å². The van der Waals surface area contributed by atoms with Gasteiger partial charge in [0.25, 0.3) is 0 Å². The lowest BCUT2D eigenvalue weighted by Crippen LogP contribution is -2.34. The van der Waals surface area contributed by atoms with Crippen LogP contribution in [-0.2, 0) is 11.2 Å². The molecule has 3 rings (SSSR count). The minimum Gasteiger partial charge on any atom is -0.462 e. The molecule has 2 aromatic carbocycles. The number of benzene rings is 2. The van der Waals surface area contributed by atoms with Crippen molar-refractivity contribution in [3.8, 4) is 0 Å². The van der Waals surface area contributed by atoms with Crippen LogP contribution in [0.5, 0.6) is 0 Å². The van der Waals surface area contributed by atoms with E-state index in [0.717, 1.165) is 50.4 Å². The van der Waals surface area contributed by atoms with Crippen molar-refractivity contribution in [1.29, 1.82) is 0 Å². The standard InChI is InChI=1S/C22H28N2O2/c1-2-14-26-22(25)19-8-9-21(20(23)16-19)24-12-10-18(11-13-24)15-17-6-4-3-5-7-17/h3-9,16,18H,2,10-15,23H2,1H3. The summed E-state index contributed by atoms with van der Waals surface area (Å²) >= 11 is 0. The van der Waals surface area contributed by atoms with Crippen LogP contribution in [0.3, 0.4) is 0 Å². The molecule has 1 heterocycles. The number of piperidine rings is 1. The highest BCUT2D eigenvalue weighted by Gasteiger charge is 2.21. The molecule has 1 aliphatic rings. The summed E-state index contributed by atoms with van der Waals surface area (Å²) in [6.07, 6.45) is 4.28. The average Bonchev–Trinajstić information content (AvgIpc) is 2.67. The molecule has 0 amide bonds. The highest BCUT2D eigenvalue weighted by molar-refractivity contribution is 5.92. The van der Waals surface area contributed by atoms with Crippen LogP contribution in [0.4, 0.5) is 11.4 Å². The minimum absolute atomic E-state index is 0.299. The molecule has 1 aliphatic heterocycles. The minimum atomic E-state index is -0.299. The Labute approximate surface area is 156 Å². The lowest BCUT2D eigenvalue weighted by Gasteiger charge is -2.34. The Hall–Kier alpha value is -2.49. The van der Waals surface area contributed by atoms with Gasteiger partial charge < -0.3 is 15.4 Å². The van der Waals surface area contributed by atoms with Gasteiger partial charge in [-0.2, -0.15) is 0 Å². The van der Waals surface area contributed by atoms with Gasteiger partial charge in [0, 0.05) is 13.1 Å². The van der Waals surface area contributed by atoms with Gasteiger partial charge in [-0.15, -0.1) is 0 Å². The normalized spacial score (nSPS) is 15.0. The van der Waals surface area contributed by atoms with Gasteiger partial charge in [0.05, 0.1) is 23.5 Å². The fourth-order valence-corrected chi connectivity index (χ4v) is 3.57. The zero-order valence-corrected chi connectivity index (χ0v) is 15.5. The second-order valence-electron chi connectivity index (χ2n) is 7.03. The molecule has 0 bridgehead atoms. The molecule has 2 N–H and O–H groups in total. The highest BCUT2D eigenvalue weighted by atomic mass is 16.5. The lowest BCUT2D eigenvalue weighted by atomic mass is 9.90. The number of esters is 1. The third kappa shape index (κ3) is 4.57. The number of ether oxygens (including phenoxy) is 1. The van der Waals surface area contributed by atoms with Gasteiger partial charge >= 0.3 is 5.97 Å². The van der Waals surface area contributed by atoms with E-state index >= 15 is 0 Å². The van der Waals surface area contributed by atoms with E-state index in [0.29, 0.717) is 17.9 Å². The van der Waals surface area contributed by atoms with E-state index < -0.39 is 0 Å². The molecule has 4 heteroatoms. The Balaban J connectivity index is 1.58. The van der Waals surface area contributed by atoms with Gasteiger partial charge in [-0.1, -0.05) is 37.3 Å². The first-order valence-electron chi connectivity index (χ1n) is 9.53. The van der Waals surface area contributed by atoms with Crippen LogP contribution in [-0.4, -0.2) is 25.7 Å². The number of nitrogens with zero attached hydrogens (tertiary/aromatic N) is 1. The lowest BCUT2D eigenvalue weighted by molar-refractivity contribution is 0.0505. The Morgan fingerprint density at radius 3 is 2.54 bits per heavy atom. The van der Waals surface area contributed by atoms with E-state index in [4.69, 9.17) is 10.5 Å². The van der Waals surface area contributed by atoms with Crippen LogP contribution < -0.4 is 10.6 Å². The molecule has 1 fully saturated rings. The van der Waals surface area contributed by atoms with E-state index in [1.165, 1.54) is 5.56 Å². The third-order valence-electron chi connectivity index (χ3n) is 5.02. The number of hydrogen-bond donors (Lipinski definition) is 1. The van der Waals surface area contributed by atoms with Crippen molar-refractivity contribution in [3.05, 3.63) is 59.7 Å². The molecule has 0 atom stereocenters. The van der Waals surface area contributed by atoms with Gasteiger partial charge in [0.15, 0.2) is 0 Å². The van der Waals surface area contributed by atoms with Crippen LogP contribution in [0.2, 0.25) is 0 Å². The molecular formula is C22H28N2O2. The number of rotatable bonds is 6. The molecule has 4 nitrogen and oxygen atoms in total. The van der Waals surface area contributed by atoms with Crippen molar-refractivity contribution >= 4 is 17.3 Å². The molecule has 0 saturated carbocycles. The summed E-state index contributed by atoms with van der Waals surface area (Å²) in [5, 5.41) is 0. The number of carbonyl (C=O) groups is 1. The number of anilines is 2. The maximum atomic E-state index is 12.0. The zero-order chi connectivity index (χ0) is 18.4. The Morgan fingerprint density at radius 2 is 1.88 bits per heavy atom. The van der Waals surface area contributed by atoms with Crippen LogP contribution >= 0.6 is 0 Å². The molecule has 0 spiro atoms. The second kappa shape index (κ2) is 8.75. The van der Waals surface area contributed by atoms with Crippen LogP contribution in [0.25, 0.3) is 0 Å². The van der Waals surface area contributed by atoms with E-state index in [2.05, 4.69) is 35.2 Å². The number of hydrogen-bond acceptors (Lipinski definition) is 4. The van der Waals surface area contributed by atoms with Crippen molar-refractivity contribution < 1.29 is 9.53 Å². The molecule has 138 valence electrons. The summed E-state index contributed by atoms with van der Waals surface area (Å²) in [5.41, 5.74) is 9.84. The van der Waals surface area contributed by atoms with Crippen molar-refractivity contribution in [2.75, 3.05) is 30.3 Å². The first-order chi connectivity index (χ1) is 12.7. The predicted octanol–water partition coefficient (Wildman–Crippen LogP) is 4.29. The fourth-order valence-electron chi connectivity index (χ4n) is 3.57. The summed E-state index contributed by atoms with van der Waals surface area (Å²) < 4.78 is 5.18. The van der Waals surface area contributed by atoms with E-state index in [-0.39, 0.29) is 5.97 Å². The Morgan fingerprint density at radius 1 is 1.15 bits per heavy atom. The molecule has 26 heavy (non-hydrogen) atoms. The molecule has 1 saturated heterocycles. The summed E-state index contributed by atoms with van der Waals surface area (Å²) in [6, 6.07) is 16.2. The molecule has 2 aromatic rings. The van der Waals surface area contributed by atoms with Gasteiger partial charge in [0.1, 0.15) is 0 Å². The maximum absolute atomic E-state index is 12.0. The smallest absolute Gasteiger partial charge is 0.338 e. The quantitative estimate of drug-likeness (QED) is 0.622. The van der Waals surface area contributed by atoms with Crippen molar-refractivity contribution in [1.82, 2.24) is 0 Å². The number of carbonyl (C=O) groups excluding carboxylic acids is 1. The van der Waals surface area contributed by atoms with Crippen LogP contribution in [0.1, 0.15) is 42.1 Å². The van der Waals surface area contributed by atoms with Gasteiger partial charge in [0.2, 0.25) is 0 Å². The number of nitrogens with two attached hydrogens (primary N) is 1. The summed E-state index contributed by atoms with van der Waals surface area (Å²) in [6.45, 7) is 4.42. The average molecular weight is 352 g/mol. The van der Waals surface area contributed by atoms with Crippen LogP contribution in [0.15, 0.2) is 48.5 Å². The molecule has 0 aromatic heterocycles. The van der Waals surface area contributed by atoms with Crippen molar-refractivity contribution in [2.45, 2.75) is 32.6 Å². The zero-order valence-electron chi connectivity index (χ0n) is 15.5. The molecule has 0 radical (unpaired) electrons. The Kier molecular flexibility index (Phi) is 6.16. The summed E-state index contributed by atoms with van der Waals surface area (Å²) in [4.78, 5) is 14.3. The van der Waals surface area contributed by atoms with Crippen molar-refractivity contribution in [3.63, 3.8) is 0 Å². The van der Waals surface area contributed by atoms with E-state index in [1.807, 2.05) is 19.1 Å². The largest absolute Gasteiger partial charge is 0.462 e. The molecule has 0 aliphatic carbocycles. The van der Waals surface area contributed by atoms with E-state index in [1.54, 1.807) is 6.07 Å². The third-order valence-corrected chi connectivity index (χ3v) is 5.02. The number of nitrogen functional groups attached to an aromatic ring is 1. The van der Waals surface area contributed by atoms with Gasteiger partial charge in [-0.25, -0.2) is 4.79 Å². The topological polar surface area (TPSA) is 55.6 Å². The first kappa shape index (κ1) is 18.3.